The molecule has 0 unspecified atom stereocenters. The first kappa shape index (κ1) is 15.4. The average molecular weight is 312 g/mol. The van der Waals surface area contributed by atoms with E-state index in [4.69, 9.17) is 0 Å². The Hall–Kier alpha value is -2.47. The van der Waals surface area contributed by atoms with Gasteiger partial charge >= 0.3 is 6.03 Å². The minimum atomic E-state index is -0.719. The summed E-state index contributed by atoms with van der Waals surface area (Å²) in [5.41, 5.74) is 1.76. The molecular weight excluding hydrogens is 292 g/mol. The van der Waals surface area contributed by atoms with Gasteiger partial charge in [0.1, 0.15) is 0 Å². The van der Waals surface area contributed by atoms with Gasteiger partial charge in [0.2, 0.25) is 0 Å². The summed E-state index contributed by atoms with van der Waals surface area (Å²) in [6, 6.07) is 8.87. The number of aliphatic hydroxyl groups is 1. The van der Waals surface area contributed by atoms with Crippen molar-refractivity contribution in [3.63, 3.8) is 0 Å². The Morgan fingerprint density at radius 2 is 2.00 bits per heavy atom. The van der Waals surface area contributed by atoms with Crippen LogP contribution in [0.2, 0.25) is 0 Å². The third-order valence-corrected chi connectivity index (χ3v) is 4.06. The molecule has 0 saturated heterocycles. The number of anilines is 1. The molecule has 1 fully saturated rings. The second kappa shape index (κ2) is 6.34. The maximum atomic E-state index is 11.8. The molecule has 3 rings (SSSR count). The number of hydrogen-bond acceptors (Lipinski definition) is 4. The second-order valence-corrected chi connectivity index (χ2v) is 5.98. The van der Waals surface area contributed by atoms with Crippen LogP contribution in [0.4, 0.5) is 10.5 Å². The highest BCUT2D eigenvalue weighted by Crippen LogP contribution is 2.30. The van der Waals surface area contributed by atoms with Gasteiger partial charge in [0.15, 0.2) is 5.82 Å². The summed E-state index contributed by atoms with van der Waals surface area (Å²) in [7, 11) is 0. The molecule has 1 aliphatic carbocycles. The number of benzene rings is 1. The van der Waals surface area contributed by atoms with Gasteiger partial charge in [-0.3, -0.25) is 0 Å². The molecular formula is C17H20N4O2. The number of nitrogens with one attached hydrogen (secondary N) is 2. The molecule has 1 aromatic heterocycles. The van der Waals surface area contributed by atoms with E-state index in [1.165, 1.54) is 0 Å². The smallest absolute Gasteiger partial charge is 0.319 e. The summed E-state index contributed by atoms with van der Waals surface area (Å²) in [6.45, 7) is 2.20. The van der Waals surface area contributed by atoms with E-state index in [1.807, 2.05) is 25.1 Å². The Balaban J connectivity index is 1.58. The van der Waals surface area contributed by atoms with Gasteiger partial charge in [-0.25, -0.2) is 14.8 Å². The summed E-state index contributed by atoms with van der Waals surface area (Å²) >= 11 is 0. The number of carbonyl (C=O) groups excluding carboxylic acids is 1. The highest BCUT2D eigenvalue weighted by atomic mass is 16.3. The van der Waals surface area contributed by atoms with Gasteiger partial charge in [-0.15, -0.1) is 0 Å². The third kappa shape index (κ3) is 3.84. The first-order valence-electron chi connectivity index (χ1n) is 7.71. The van der Waals surface area contributed by atoms with Gasteiger partial charge in [0.05, 0.1) is 5.60 Å². The fourth-order valence-corrected chi connectivity index (χ4v) is 2.47. The number of aryl methyl sites for hydroxylation is 1. The molecule has 0 aliphatic heterocycles. The Kier molecular flexibility index (Phi) is 4.25. The van der Waals surface area contributed by atoms with Crippen LogP contribution in [0.15, 0.2) is 36.5 Å². The fourth-order valence-electron chi connectivity index (χ4n) is 2.47. The molecule has 1 aromatic carbocycles. The van der Waals surface area contributed by atoms with Crippen LogP contribution < -0.4 is 10.6 Å². The van der Waals surface area contributed by atoms with Gasteiger partial charge in [0.25, 0.3) is 0 Å². The van der Waals surface area contributed by atoms with E-state index in [2.05, 4.69) is 20.6 Å². The molecule has 2 aromatic rings. The van der Waals surface area contributed by atoms with Gasteiger partial charge < -0.3 is 15.7 Å². The van der Waals surface area contributed by atoms with Crippen molar-refractivity contribution in [3.8, 4) is 11.4 Å². The maximum absolute atomic E-state index is 11.8. The Labute approximate surface area is 135 Å². The minimum Gasteiger partial charge on any atom is -0.388 e. The largest absolute Gasteiger partial charge is 0.388 e. The lowest BCUT2D eigenvalue weighted by molar-refractivity contribution is -0.0287. The molecule has 0 atom stereocenters. The molecule has 6 nitrogen and oxygen atoms in total. The van der Waals surface area contributed by atoms with E-state index < -0.39 is 5.60 Å². The van der Waals surface area contributed by atoms with E-state index in [9.17, 15) is 9.90 Å². The maximum Gasteiger partial charge on any atom is 0.319 e. The van der Waals surface area contributed by atoms with Gasteiger partial charge in [-0.2, -0.15) is 0 Å². The lowest BCUT2D eigenvalue weighted by atomic mass is 9.80. The standard InChI is InChI=1S/C17H20N4O2/c1-12-7-10-18-15(20-12)13-3-5-14(6-4-13)21-16(22)19-11-17(23)8-2-9-17/h3-7,10,23H,2,8-9,11H2,1H3,(H2,19,21,22). The molecule has 0 bridgehead atoms. The molecule has 6 heteroatoms. The van der Waals surface area contributed by atoms with Crippen LogP contribution in [-0.2, 0) is 0 Å². The highest BCUT2D eigenvalue weighted by Gasteiger charge is 2.34. The molecule has 120 valence electrons. The number of aromatic nitrogens is 2. The number of amides is 2. The van der Waals surface area contributed by atoms with Gasteiger partial charge in [-0.1, -0.05) is 0 Å². The molecule has 1 heterocycles. The highest BCUT2D eigenvalue weighted by molar-refractivity contribution is 5.89. The lowest BCUT2D eigenvalue weighted by Gasteiger charge is -2.36. The average Bonchev–Trinajstić information content (AvgIpc) is 2.52. The molecule has 0 radical (unpaired) electrons. The first-order chi connectivity index (χ1) is 11.0. The van der Waals surface area contributed by atoms with Crippen molar-refractivity contribution >= 4 is 11.7 Å². The van der Waals surface area contributed by atoms with E-state index in [1.54, 1.807) is 18.3 Å². The van der Waals surface area contributed by atoms with Crippen LogP contribution in [0.25, 0.3) is 11.4 Å². The SMILES string of the molecule is Cc1ccnc(-c2ccc(NC(=O)NCC3(O)CCC3)cc2)n1. The van der Waals surface area contributed by atoms with Crippen LogP contribution in [0.3, 0.4) is 0 Å². The van der Waals surface area contributed by atoms with Gasteiger partial charge in [0, 0.05) is 29.7 Å². The predicted molar refractivity (Wildman–Crippen MR) is 88.0 cm³/mol. The van der Waals surface area contributed by atoms with E-state index in [-0.39, 0.29) is 12.6 Å². The topological polar surface area (TPSA) is 87.1 Å². The molecule has 23 heavy (non-hydrogen) atoms. The number of carbonyl (C=O) groups is 1. The van der Waals surface area contributed by atoms with Crippen molar-refractivity contribution in [2.24, 2.45) is 0 Å². The van der Waals surface area contributed by atoms with Crippen LogP contribution in [-0.4, -0.2) is 33.3 Å². The van der Waals surface area contributed by atoms with Crippen molar-refractivity contribution in [1.29, 1.82) is 0 Å². The fraction of sp³-hybridized carbons (Fsp3) is 0.353. The number of nitrogens with zero attached hydrogens (tertiary/aromatic N) is 2. The molecule has 2 amide bonds. The van der Waals surface area contributed by atoms with Gasteiger partial charge in [-0.05, 0) is 56.5 Å². The van der Waals surface area contributed by atoms with Crippen LogP contribution in [0.5, 0.6) is 0 Å². The Morgan fingerprint density at radius 1 is 1.26 bits per heavy atom. The molecule has 0 spiro atoms. The van der Waals surface area contributed by atoms with E-state index >= 15 is 0 Å². The summed E-state index contributed by atoms with van der Waals surface area (Å²) in [5, 5.41) is 15.4. The monoisotopic (exact) mass is 312 g/mol. The van der Waals surface area contributed by atoms with E-state index in [0.717, 1.165) is 30.5 Å². The Morgan fingerprint density at radius 3 is 2.61 bits per heavy atom. The normalized spacial score (nSPS) is 15.6. The zero-order valence-electron chi connectivity index (χ0n) is 13.0. The first-order valence-corrected chi connectivity index (χ1v) is 7.71. The molecule has 1 aliphatic rings. The number of urea groups is 1. The van der Waals surface area contributed by atoms with Crippen molar-refractivity contribution < 1.29 is 9.90 Å². The quantitative estimate of drug-likeness (QED) is 0.809. The van der Waals surface area contributed by atoms with Crippen molar-refractivity contribution in [1.82, 2.24) is 15.3 Å². The van der Waals surface area contributed by atoms with Crippen molar-refractivity contribution in [2.45, 2.75) is 31.8 Å². The summed E-state index contributed by atoms with van der Waals surface area (Å²) in [5.74, 6) is 0.660. The zero-order valence-corrected chi connectivity index (χ0v) is 13.0. The predicted octanol–water partition coefficient (Wildman–Crippen LogP) is 2.49. The lowest BCUT2D eigenvalue weighted by Crippen LogP contribution is -2.48. The summed E-state index contributed by atoms with van der Waals surface area (Å²) in [6.07, 6.45) is 4.24. The third-order valence-electron chi connectivity index (χ3n) is 4.06. The summed E-state index contributed by atoms with van der Waals surface area (Å²) < 4.78 is 0. The Bertz CT molecular complexity index is 696. The minimum absolute atomic E-state index is 0.286. The van der Waals surface area contributed by atoms with Crippen LogP contribution in [0, 0.1) is 6.92 Å². The van der Waals surface area contributed by atoms with Crippen LogP contribution in [0.1, 0.15) is 25.0 Å². The second-order valence-electron chi connectivity index (χ2n) is 5.98. The van der Waals surface area contributed by atoms with Crippen molar-refractivity contribution in [3.05, 3.63) is 42.2 Å². The van der Waals surface area contributed by atoms with Crippen LogP contribution >= 0.6 is 0 Å². The number of rotatable bonds is 4. The summed E-state index contributed by atoms with van der Waals surface area (Å²) in [4.78, 5) is 20.4. The molecule has 1 saturated carbocycles. The zero-order chi connectivity index (χ0) is 16.3. The van der Waals surface area contributed by atoms with Crippen molar-refractivity contribution in [2.75, 3.05) is 11.9 Å². The van der Waals surface area contributed by atoms with E-state index in [0.29, 0.717) is 11.5 Å². The molecule has 3 N–H and O–H groups in total. The number of hydrogen-bond donors (Lipinski definition) is 3.